The maximum absolute atomic E-state index is 12.8. The predicted octanol–water partition coefficient (Wildman–Crippen LogP) is 4.34. The molecule has 8 nitrogen and oxygen atoms in total. The molecule has 39 heavy (non-hydrogen) atoms. The van der Waals surface area contributed by atoms with Gasteiger partial charge >= 0.3 is 6.18 Å². The number of rotatable bonds is 6. The highest BCUT2D eigenvalue weighted by Gasteiger charge is 2.35. The largest absolute Gasteiger partial charge is 0.508 e. The molecule has 11 heteroatoms. The minimum absolute atomic E-state index is 0.0381. The van der Waals surface area contributed by atoms with E-state index in [1.54, 1.807) is 10.8 Å². The molecule has 0 atom stereocenters. The maximum atomic E-state index is 12.8. The van der Waals surface area contributed by atoms with E-state index in [1.807, 2.05) is 27.7 Å². The van der Waals surface area contributed by atoms with Crippen LogP contribution in [-0.2, 0) is 11.0 Å². The van der Waals surface area contributed by atoms with Gasteiger partial charge in [-0.15, -0.1) is 0 Å². The van der Waals surface area contributed by atoms with E-state index in [1.165, 1.54) is 18.2 Å². The van der Waals surface area contributed by atoms with Crippen LogP contribution in [0.25, 0.3) is 0 Å². The summed E-state index contributed by atoms with van der Waals surface area (Å²) in [7, 11) is 0. The topological polar surface area (TPSA) is 104 Å². The highest BCUT2D eigenvalue weighted by molar-refractivity contribution is 5.96. The van der Waals surface area contributed by atoms with Crippen molar-refractivity contribution in [3.05, 3.63) is 64.1 Å². The molecular formula is C28H39F3N4O4. The molecule has 2 aromatic rings. The molecule has 0 bridgehead atoms. The van der Waals surface area contributed by atoms with E-state index in [2.05, 4.69) is 15.5 Å². The Morgan fingerprint density at radius 1 is 0.974 bits per heavy atom. The van der Waals surface area contributed by atoms with E-state index in [0.29, 0.717) is 19.1 Å². The molecule has 1 saturated carbocycles. The number of alkyl halides is 3. The number of pyridine rings is 1. The number of likely N-dealkylation sites (tertiary alicyclic amines) is 1. The molecule has 2 fully saturated rings. The van der Waals surface area contributed by atoms with Gasteiger partial charge in [-0.25, -0.2) is 0 Å². The van der Waals surface area contributed by atoms with Gasteiger partial charge in [0, 0.05) is 43.0 Å². The third kappa shape index (κ3) is 8.84. The number of halogens is 3. The molecule has 2 heterocycles. The molecule has 1 aromatic carbocycles. The van der Waals surface area contributed by atoms with Crippen LogP contribution < -0.4 is 16.2 Å². The molecule has 0 unspecified atom stereocenters. The van der Waals surface area contributed by atoms with Gasteiger partial charge in [0.1, 0.15) is 5.75 Å². The van der Waals surface area contributed by atoms with Crippen LogP contribution in [0.5, 0.6) is 5.75 Å². The monoisotopic (exact) mass is 552 g/mol. The van der Waals surface area contributed by atoms with Gasteiger partial charge in [0.2, 0.25) is 5.91 Å². The quantitative estimate of drug-likeness (QED) is 0.495. The molecule has 0 radical (unpaired) electrons. The Hall–Kier alpha value is -3.34. The number of aromatic hydroxyl groups is 1. The van der Waals surface area contributed by atoms with Gasteiger partial charge in [-0.3, -0.25) is 19.3 Å². The Bertz CT molecular complexity index is 1140. The summed E-state index contributed by atoms with van der Waals surface area (Å²) in [4.78, 5) is 38.7. The van der Waals surface area contributed by atoms with Crippen molar-refractivity contribution in [2.45, 2.75) is 77.7 Å². The fourth-order valence-electron chi connectivity index (χ4n) is 4.76. The van der Waals surface area contributed by atoms with Crippen LogP contribution in [0.4, 0.5) is 13.2 Å². The number of nitrogens with zero attached hydrogens (tertiary/aromatic N) is 2. The average molecular weight is 553 g/mol. The van der Waals surface area contributed by atoms with Gasteiger partial charge in [0.15, 0.2) is 0 Å². The van der Waals surface area contributed by atoms with Gasteiger partial charge in [-0.2, -0.15) is 13.2 Å². The second-order valence-corrected chi connectivity index (χ2v) is 9.07. The fourth-order valence-corrected chi connectivity index (χ4v) is 4.76. The van der Waals surface area contributed by atoms with E-state index < -0.39 is 23.6 Å². The highest BCUT2D eigenvalue weighted by atomic mass is 19.4. The van der Waals surface area contributed by atoms with E-state index in [0.717, 1.165) is 43.9 Å². The van der Waals surface area contributed by atoms with E-state index in [-0.39, 0.29) is 35.5 Å². The van der Waals surface area contributed by atoms with Crippen LogP contribution in [0.2, 0.25) is 0 Å². The van der Waals surface area contributed by atoms with Crippen molar-refractivity contribution < 1.29 is 27.9 Å². The van der Waals surface area contributed by atoms with Crippen molar-refractivity contribution in [1.82, 2.24) is 20.1 Å². The number of hydrogen-bond acceptors (Lipinski definition) is 5. The third-order valence-electron chi connectivity index (χ3n) is 6.64. The number of hydrogen-bond donors (Lipinski definition) is 3. The van der Waals surface area contributed by atoms with Crippen LogP contribution in [0.3, 0.4) is 0 Å². The zero-order valence-corrected chi connectivity index (χ0v) is 22.9. The first-order valence-electron chi connectivity index (χ1n) is 13.5. The molecule has 1 aliphatic carbocycles. The molecule has 1 aliphatic heterocycles. The first-order valence-corrected chi connectivity index (χ1v) is 13.5. The van der Waals surface area contributed by atoms with Crippen LogP contribution >= 0.6 is 0 Å². The molecule has 4 rings (SSSR count). The lowest BCUT2D eigenvalue weighted by atomic mass is 9.88. The van der Waals surface area contributed by atoms with Gasteiger partial charge < -0.3 is 20.3 Å². The van der Waals surface area contributed by atoms with Crippen LogP contribution in [-0.4, -0.2) is 58.1 Å². The van der Waals surface area contributed by atoms with E-state index in [9.17, 15) is 32.7 Å². The van der Waals surface area contributed by atoms with Gasteiger partial charge in [-0.05, 0) is 49.9 Å². The summed E-state index contributed by atoms with van der Waals surface area (Å²) in [6, 6.07) is 7.20. The summed E-state index contributed by atoms with van der Waals surface area (Å²) in [5.41, 5.74) is -1.29. The Morgan fingerprint density at radius 3 is 2.18 bits per heavy atom. The van der Waals surface area contributed by atoms with E-state index >= 15 is 0 Å². The Labute approximate surface area is 227 Å². The zero-order chi connectivity index (χ0) is 29.2. The van der Waals surface area contributed by atoms with E-state index in [4.69, 9.17) is 0 Å². The molecule has 2 amide bonds. The smallest absolute Gasteiger partial charge is 0.416 e. The lowest BCUT2D eigenvalue weighted by Gasteiger charge is -2.46. The molecule has 0 spiro atoms. The minimum Gasteiger partial charge on any atom is -0.508 e. The SMILES string of the molecule is CC.CC.O=C(CNC(=O)c1cccc(C(F)(F)F)c1)NC1CN(C2CCC(n3ccc(O)cc3=O)CC2)C1. The third-order valence-corrected chi connectivity index (χ3v) is 6.64. The average Bonchev–Trinajstić information content (AvgIpc) is 2.91. The van der Waals surface area contributed by atoms with Crippen LogP contribution in [0.15, 0.2) is 47.4 Å². The molecule has 1 saturated heterocycles. The number of carbonyl (C=O) groups is 2. The van der Waals surface area contributed by atoms with Crippen molar-refractivity contribution in [3.63, 3.8) is 0 Å². The van der Waals surface area contributed by atoms with Gasteiger partial charge in [0.25, 0.3) is 11.5 Å². The maximum Gasteiger partial charge on any atom is 0.416 e. The van der Waals surface area contributed by atoms with Crippen LogP contribution in [0.1, 0.15) is 75.3 Å². The number of nitrogens with one attached hydrogen (secondary N) is 2. The minimum atomic E-state index is -4.55. The Kier molecular flexibility index (Phi) is 12.0. The summed E-state index contributed by atoms with van der Waals surface area (Å²) in [5.74, 6) is -1.18. The van der Waals surface area contributed by atoms with Crippen LogP contribution in [0, 0.1) is 0 Å². The first kappa shape index (κ1) is 31.9. The van der Waals surface area contributed by atoms with Crippen molar-refractivity contribution in [2.24, 2.45) is 0 Å². The second kappa shape index (κ2) is 14.7. The normalized spacial score (nSPS) is 19.4. The van der Waals surface area contributed by atoms with Gasteiger partial charge in [-0.1, -0.05) is 33.8 Å². The van der Waals surface area contributed by atoms with Crippen molar-refractivity contribution in [1.29, 1.82) is 0 Å². The second-order valence-electron chi connectivity index (χ2n) is 9.07. The predicted molar refractivity (Wildman–Crippen MR) is 144 cm³/mol. The summed E-state index contributed by atoms with van der Waals surface area (Å²) in [6.07, 6.45) is 0.627. The zero-order valence-electron chi connectivity index (χ0n) is 22.9. The van der Waals surface area contributed by atoms with Gasteiger partial charge in [0.05, 0.1) is 18.2 Å². The Morgan fingerprint density at radius 2 is 1.59 bits per heavy atom. The Balaban J connectivity index is 0.00000127. The molecule has 216 valence electrons. The summed E-state index contributed by atoms with van der Waals surface area (Å²) < 4.78 is 40.1. The standard InChI is InChI=1S/C24H27F3N4O4.2C2H6/c25-24(26,27)16-3-1-2-15(10-16)23(35)28-12-21(33)29-17-13-30(14-17)18-4-6-19(7-5-18)31-9-8-20(32)11-22(31)34;2*1-2/h1-3,8-11,17-19,32H,4-7,12-14H2,(H,28,35)(H,29,33);2*1-2H3. The van der Waals surface area contributed by atoms with Crippen molar-refractivity contribution >= 4 is 11.8 Å². The number of carbonyl (C=O) groups excluding carboxylic acids is 2. The molecular weight excluding hydrogens is 513 g/mol. The number of aromatic nitrogens is 1. The molecule has 2 aliphatic rings. The summed E-state index contributed by atoms with van der Waals surface area (Å²) in [6.45, 7) is 9.04. The fraction of sp³-hybridized carbons (Fsp3) is 0.536. The van der Waals surface area contributed by atoms with Crippen molar-refractivity contribution in [3.8, 4) is 5.75 Å². The van der Waals surface area contributed by atoms with Crippen molar-refractivity contribution in [2.75, 3.05) is 19.6 Å². The first-order chi connectivity index (χ1) is 18.6. The highest BCUT2D eigenvalue weighted by Crippen LogP contribution is 2.32. The summed E-state index contributed by atoms with van der Waals surface area (Å²) >= 11 is 0. The molecule has 3 N–H and O–H groups in total. The lowest BCUT2D eigenvalue weighted by Crippen LogP contribution is -2.63. The lowest BCUT2D eigenvalue weighted by molar-refractivity contribution is -0.137. The number of amides is 2. The molecule has 1 aromatic heterocycles. The number of benzene rings is 1. The summed E-state index contributed by atoms with van der Waals surface area (Å²) in [5, 5.41) is 14.6.